The van der Waals surface area contributed by atoms with Gasteiger partial charge in [0.05, 0.1) is 24.3 Å². The van der Waals surface area contributed by atoms with Gasteiger partial charge in [0.25, 0.3) is 0 Å². The van der Waals surface area contributed by atoms with Crippen molar-refractivity contribution in [3.63, 3.8) is 0 Å². The molecule has 0 unspecified atom stereocenters. The second kappa shape index (κ2) is 5.52. The number of halogens is 2. The van der Waals surface area contributed by atoms with Crippen molar-refractivity contribution in [2.24, 2.45) is 0 Å². The van der Waals surface area contributed by atoms with Crippen molar-refractivity contribution in [2.45, 2.75) is 13.5 Å². The van der Waals surface area contributed by atoms with E-state index in [0.29, 0.717) is 22.5 Å². The molecule has 1 heterocycles. The number of methoxy groups -OCH3 is 1. The van der Waals surface area contributed by atoms with E-state index in [4.69, 9.17) is 4.74 Å². The predicted molar refractivity (Wildman–Crippen MR) is 71.5 cm³/mol. The molecule has 0 fully saturated rings. The van der Waals surface area contributed by atoms with Gasteiger partial charge < -0.3 is 9.30 Å². The Labute approximate surface area is 118 Å². The third-order valence-corrected chi connectivity index (χ3v) is 3.70. The molecular formula is C13H12BrFN2O2. The summed E-state index contributed by atoms with van der Waals surface area (Å²) in [6.45, 7) is 2.12. The SMILES string of the molecule is COC(=O)c1cnc(C)n1Cc1cccc(F)c1Br. The maximum atomic E-state index is 13.5. The van der Waals surface area contributed by atoms with E-state index in [1.807, 2.05) is 0 Å². The molecule has 19 heavy (non-hydrogen) atoms. The van der Waals surface area contributed by atoms with E-state index in [9.17, 15) is 9.18 Å². The zero-order valence-electron chi connectivity index (χ0n) is 10.5. The van der Waals surface area contributed by atoms with Gasteiger partial charge in [0.2, 0.25) is 0 Å². The van der Waals surface area contributed by atoms with Crippen molar-refractivity contribution in [1.29, 1.82) is 0 Å². The number of aryl methyl sites for hydroxylation is 1. The van der Waals surface area contributed by atoms with Gasteiger partial charge in [0.1, 0.15) is 17.3 Å². The summed E-state index contributed by atoms with van der Waals surface area (Å²) in [6.07, 6.45) is 1.45. The molecule has 0 aliphatic carbocycles. The number of hydrogen-bond acceptors (Lipinski definition) is 3. The Morgan fingerprint density at radius 2 is 2.26 bits per heavy atom. The zero-order chi connectivity index (χ0) is 14.0. The number of imidazole rings is 1. The van der Waals surface area contributed by atoms with E-state index >= 15 is 0 Å². The molecule has 0 aliphatic rings. The van der Waals surface area contributed by atoms with E-state index in [1.165, 1.54) is 19.4 Å². The Bertz CT molecular complexity index is 625. The van der Waals surface area contributed by atoms with Gasteiger partial charge in [-0.25, -0.2) is 14.2 Å². The number of hydrogen-bond donors (Lipinski definition) is 0. The van der Waals surface area contributed by atoms with Crippen LogP contribution >= 0.6 is 15.9 Å². The number of benzene rings is 1. The largest absolute Gasteiger partial charge is 0.464 e. The van der Waals surface area contributed by atoms with Crippen molar-refractivity contribution in [2.75, 3.05) is 7.11 Å². The van der Waals surface area contributed by atoms with E-state index in [0.717, 1.165) is 5.56 Å². The van der Waals surface area contributed by atoms with E-state index < -0.39 is 5.97 Å². The summed E-state index contributed by atoms with van der Waals surface area (Å²) in [6, 6.07) is 4.78. The predicted octanol–water partition coefficient (Wildman–Crippen LogP) is 2.93. The fourth-order valence-corrected chi connectivity index (χ4v) is 2.17. The Hall–Kier alpha value is -1.69. The molecule has 0 amide bonds. The minimum absolute atomic E-state index is 0.338. The van der Waals surface area contributed by atoms with Gasteiger partial charge in [-0.1, -0.05) is 12.1 Å². The first kappa shape index (κ1) is 13.7. The quantitative estimate of drug-likeness (QED) is 0.814. The van der Waals surface area contributed by atoms with Gasteiger partial charge in [-0.2, -0.15) is 0 Å². The van der Waals surface area contributed by atoms with E-state index in [1.54, 1.807) is 23.6 Å². The van der Waals surface area contributed by atoms with Crippen LogP contribution in [0.2, 0.25) is 0 Å². The summed E-state index contributed by atoms with van der Waals surface area (Å²) in [4.78, 5) is 15.7. The van der Waals surface area contributed by atoms with Crippen LogP contribution in [-0.4, -0.2) is 22.6 Å². The lowest BCUT2D eigenvalue weighted by molar-refractivity contribution is 0.0588. The molecule has 0 radical (unpaired) electrons. The molecule has 0 N–H and O–H groups in total. The number of carbonyl (C=O) groups excluding carboxylic acids is 1. The van der Waals surface area contributed by atoms with E-state index in [2.05, 4.69) is 20.9 Å². The molecule has 0 saturated heterocycles. The van der Waals surface area contributed by atoms with Gasteiger partial charge in [-0.3, -0.25) is 0 Å². The normalized spacial score (nSPS) is 10.5. The van der Waals surface area contributed by atoms with Crippen LogP contribution in [-0.2, 0) is 11.3 Å². The Morgan fingerprint density at radius 3 is 2.95 bits per heavy atom. The molecule has 2 aromatic rings. The van der Waals surface area contributed by atoms with Gasteiger partial charge in [-0.05, 0) is 34.5 Å². The lowest BCUT2D eigenvalue weighted by Gasteiger charge is -2.11. The van der Waals surface area contributed by atoms with Crippen LogP contribution in [0.25, 0.3) is 0 Å². The third-order valence-electron chi connectivity index (χ3n) is 2.81. The molecule has 0 spiro atoms. The average molecular weight is 327 g/mol. The van der Waals surface area contributed by atoms with Crippen LogP contribution in [0.3, 0.4) is 0 Å². The van der Waals surface area contributed by atoms with Crippen LogP contribution in [0.1, 0.15) is 21.9 Å². The standard InChI is InChI=1S/C13H12BrFN2O2/c1-8-16-6-11(13(18)19-2)17(8)7-9-4-3-5-10(15)12(9)14/h3-6H,7H2,1-2H3. The highest BCUT2D eigenvalue weighted by Crippen LogP contribution is 2.22. The van der Waals surface area contributed by atoms with Crippen LogP contribution in [0.4, 0.5) is 4.39 Å². The third kappa shape index (κ3) is 2.68. The number of esters is 1. The molecule has 0 aliphatic heterocycles. The van der Waals surface area contributed by atoms with Gasteiger partial charge in [0, 0.05) is 0 Å². The summed E-state index contributed by atoms with van der Waals surface area (Å²) in [5.74, 6) is -0.139. The first-order chi connectivity index (χ1) is 9.04. The topological polar surface area (TPSA) is 44.1 Å². The van der Waals surface area contributed by atoms with Crippen LogP contribution in [0.15, 0.2) is 28.9 Å². The Balaban J connectivity index is 2.41. The highest BCUT2D eigenvalue weighted by atomic mass is 79.9. The monoisotopic (exact) mass is 326 g/mol. The average Bonchev–Trinajstić information content (AvgIpc) is 2.76. The van der Waals surface area contributed by atoms with Gasteiger partial charge in [0.15, 0.2) is 0 Å². The number of aromatic nitrogens is 2. The van der Waals surface area contributed by atoms with Crippen molar-refractivity contribution in [3.8, 4) is 0 Å². The number of carbonyl (C=O) groups is 1. The molecule has 0 bridgehead atoms. The second-order valence-electron chi connectivity index (χ2n) is 3.98. The fourth-order valence-electron chi connectivity index (χ4n) is 1.78. The van der Waals surface area contributed by atoms with Crippen molar-refractivity contribution in [1.82, 2.24) is 9.55 Å². The molecule has 0 atom stereocenters. The highest BCUT2D eigenvalue weighted by molar-refractivity contribution is 9.10. The van der Waals surface area contributed by atoms with Crippen molar-refractivity contribution < 1.29 is 13.9 Å². The second-order valence-corrected chi connectivity index (χ2v) is 4.77. The minimum Gasteiger partial charge on any atom is -0.464 e. The number of rotatable bonds is 3. The first-order valence-electron chi connectivity index (χ1n) is 5.58. The van der Waals surface area contributed by atoms with Crippen LogP contribution in [0, 0.1) is 12.7 Å². The number of nitrogens with zero attached hydrogens (tertiary/aromatic N) is 2. The Morgan fingerprint density at radius 1 is 1.53 bits per heavy atom. The van der Waals surface area contributed by atoms with Crippen molar-refractivity contribution in [3.05, 3.63) is 51.8 Å². The summed E-state index contributed by atoms with van der Waals surface area (Å²) in [5, 5.41) is 0. The van der Waals surface area contributed by atoms with Crippen LogP contribution in [0.5, 0.6) is 0 Å². The van der Waals surface area contributed by atoms with E-state index in [-0.39, 0.29) is 5.82 Å². The zero-order valence-corrected chi connectivity index (χ0v) is 12.1. The highest BCUT2D eigenvalue weighted by Gasteiger charge is 2.16. The molecular weight excluding hydrogens is 315 g/mol. The maximum Gasteiger partial charge on any atom is 0.356 e. The smallest absolute Gasteiger partial charge is 0.356 e. The molecule has 2 rings (SSSR count). The van der Waals surface area contributed by atoms with Crippen molar-refractivity contribution >= 4 is 21.9 Å². The lowest BCUT2D eigenvalue weighted by atomic mass is 10.2. The Kier molecular flexibility index (Phi) is 3.99. The maximum absolute atomic E-state index is 13.5. The molecule has 1 aromatic heterocycles. The van der Waals surface area contributed by atoms with Gasteiger partial charge >= 0.3 is 5.97 Å². The molecule has 100 valence electrons. The van der Waals surface area contributed by atoms with Crippen LogP contribution < -0.4 is 0 Å². The number of ether oxygens (including phenoxy) is 1. The summed E-state index contributed by atoms with van der Waals surface area (Å²) >= 11 is 3.20. The molecule has 1 aromatic carbocycles. The summed E-state index contributed by atoms with van der Waals surface area (Å²) in [5.41, 5.74) is 1.07. The molecule has 6 heteroatoms. The molecule has 0 saturated carbocycles. The lowest BCUT2D eigenvalue weighted by Crippen LogP contribution is -2.13. The molecule has 4 nitrogen and oxygen atoms in total. The minimum atomic E-state index is -0.465. The fraction of sp³-hybridized carbons (Fsp3) is 0.231. The summed E-state index contributed by atoms with van der Waals surface area (Å²) < 4.78 is 20.2. The first-order valence-corrected chi connectivity index (χ1v) is 6.37. The summed E-state index contributed by atoms with van der Waals surface area (Å²) in [7, 11) is 1.31. The van der Waals surface area contributed by atoms with Gasteiger partial charge in [-0.15, -0.1) is 0 Å².